The van der Waals surface area contributed by atoms with E-state index in [1.165, 1.54) is 46.4 Å². The Hall–Kier alpha value is -2.97. The van der Waals surface area contributed by atoms with Crippen molar-refractivity contribution in [1.29, 1.82) is 0 Å². The Bertz CT molecular complexity index is 1380. The third-order valence-corrected chi connectivity index (χ3v) is 7.52. The van der Waals surface area contributed by atoms with Gasteiger partial charge in [-0.2, -0.15) is 0 Å². The lowest BCUT2D eigenvalue weighted by atomic mass is 10.00. The number of aromatic nitrogens is 2. The highest BCUT2D eigenvalue weighted by Crippen LogP contribution is 2.36. The molecule has 3 heterocycles. The number of thiophene rings is 1. The quantitative estimate of drug-likeness (QED) is 0.348. The number of fused-ring (bicyclic) bond motifs is 2. The number of halogens is 1. The molecule has 5 rings (SSSR count). The van der Waals surface area contributed by atoms with Crippen molar-refractivity contribution in [3.63, 3.8) is 0 Å². The number of carbonyl (C=O) groups is 1. The van der Waals surface area contributed by atoms with E-state index in [1.807, 2.05) is 24.0 Å². The molecule has 0 bridgehead atoms. The fourth-order valence-electron chi connectivity index (χ4n) is 4.06. The number of thioether (sulfide) groups is 1. The minimum absolute atomic E-state index is 0.0293. The Morgan fingerprint density at radius 3 is 2.72 bits per heavy atom. The second-order valence-corrected chi connectivity index (χ2v) is 9.88. The molecule has 162 valence electrons. The summed E-state index contributed by atoms with van der Waals surface area (Å²) < 4.78 is 13.3. The average Bonchev–Trinajstić information content (AvgIpc) is 3.14. The number of aromatic amines is 1. The molecule has 2 aromatic carbocycles. The second kappa shape index (κ2) is 8.52. The largest absolute Gasteiger partial charge is 0.337 e. The van der Waals surface area contributed by atoms with E-state index in [1.54, 1.807) is 12.1 Å². The van der Waals surface area contributed by atoms with Gasteiger partial charge in [0.05, 0.1) is 11.1 Å². The van der Waals surface area contributed by atoms with E-state index in [-0.39, 0.29) is 23.0 Å². The molecule has 0 radical (unpaired) electrons. The number of amides is 1. The lowest BCUT2D eigenvalue weighted by Crippen LogP contribution is -2.37. The van der Waals surface area contributed by atoms with Crippen LogP contribution in [0.4, 0.5) is 4.39 Å². The molecule has 0 fully saturated rings. The van der Waals surface area contributed by atoms with E-state index in [0.29, 0.717) is 28.5 Å². The van der Waals surface area contributed by atoms with Gasteiger partial charge in [-0.05, 0) is 42.2 Å². The van der Waals surface area contributed by atoms with Crippen LogP contribution >= 0.6 is 23.1 Å². The Morgan fingerprint density at radius 2 is 1.94 bits per heavy atom. The minimum Gasteiger partial charge on any atom is -0.337 e. The molecule has 1 N–H and O–H groups in total. The molecule has 4 aromatic rings. The van der Waals surface area contributed by atoms with Gasteiger partial charge in [-0.1, -0.05) is 48.2 Å². The van der Waals surface area contributed by atoms with Gasteiger partial charge in [-0.25, -0.2) is 9.37 Å². The topological polar surface area (TPSA) is 66.1 Å². The Kier molecular flexibility index (Phi) is 5.57. The van der Waals surface area contributed by atoms with Crippen LogP contribution in [-0.2, 0) is 17.8 Å². The second-order valence-electron chi connectivity index (χ2n) is 7.71. The SMILES string of the molecule is Cc1sc2nc(SCC(=O)N3CCc4ccccc4C3)[nH]c(=O)c2c1-c1ccc(F)cc1. The predicted octanol–water partition coefficient (Wildman–Crippen LogP) is 4.78. The molecule has 1 aliphatic heterocycles. The van der Waals surface area contributed by atoms with Crippen LogP contribution < -0.4 is 5.56 Å². The first-order valence-corrected chi connectivity index (χ1v) is 12.1. The molecule has 1 amide bonds. The molecule has 0 atom stereocenters. The first-order valence-electron chi connectivity index (χ1n) is 10.3. The van der Waals surface area contributed by atoms with Crippen molar-refractivity contribution in [1.82, 2.24) is 14.9 Å². The summed E-state index contributed by atoms with van der Waals surface area (Å²) >= 11 is 2.67. The summed E-state index contributed by atoms with van der Waals surface area (Å²) in [6, 6.07) is 14.3. The highest BCUT2D eigenvalue weighted by molar-refractivity contribution is 7.99. The van der Waals surface area contributed by atoms with Gasteiger partial charge in [0.1, 0.15) is 10.6 Å². The number of nitrogens with one attached hydrogen (secondary N) is 1. The number of hydrogen-bond donors (Lipinski definition) is 1. The monoisotopic (exact) mass is 465 g/mol. The summed E-state index contributed by atoms with van der Waals surface area (Å²) in [6.45, 7) is 3.24. The fourth-order valence-corrected chi connectivity index (χ4v) is 5.93. The van der Waals surface area contributed by atoms with E-state index >= 15 is 0 Å². The van der Waals surface area contributed by atoms with Crippen LogP contribution in [0.25, 0.3) is 21.3 Å². The molecule has 8 heteroatoms. The molecule has 0 saturated carbocycles. The standard InChI is InChI=1S/C24H20FN3O2S2/c1-14-20(16-6-8-18(25)9-7-16)21-22(30)26-24(27-23(21)32-14)31-13-19(29)28-11-10-15-4-2-3-5-17(15)12-28/h2-9H,10-13H2,1H3,(H,26,27,30). The summed E-state index contributed by atoms with van der Waals surface area (Å²) in [5.41, 5.74) is 3.79. The van der Waals surface area contributed by atoms with E-state index in [2.05, 4.69) is 22.1 Å². The summed E-state index contributed by atoms with van der Waals surface area (Å²) in [5, 5.41) is 0.933. The van der Waals surface area contributed by atoms with Gasteiger partial charge in [0.25, 0.3) is 5.56 Å². The van der Waals surface area contributed by atoms with Gasteiger partial charge < -0.3 is 9.88 Å². The molecule has 0 spiro atoms. The number of H-pyrrole nitrogens is 1. The summed E-state index contributed by atoms with van der Waals surface area (Å²) in [7, 11) is 0. The molecule has 0 saturated heterocycles. The van der Waals surface area contributed by atoms with Crippen molar-refractivity contribution < 1.29 is 9.18 Å². The van der Waals surface area contributed by atoms with Crippen molar-refractivity contribution in [2.75, 3.05) is 12.3 Å². The van der Waals surface area contributed by atoms with Crippen LogP contribution in [0.1, 0.15) is 16.0 Å². The molecule has 5 nitrogen and oxygen atoms in total. The van der Waals surface area contributed by atoms with Crippen LogP contribution in [-0.4, -0.2) is 33.1 Å². The lowest BCUT2D eigenvalue weighted by molar-refractivity contribution is -0.129. The molecule has 32 heavy (non-hydrogen) atoms. The van der Waals surface area contributed by atoms with Crippen molar-refractivity contribution in [3.8, 4) is 11.1 Å². The molecule has 1 aliphatic rings. The predicted molar refractivity (Wildman–Crippen MR) is 127 cm³/mol. The van der Waals surface area contributed by atoms with Crippen LogP contribution in [0.2, 0.25) is 0 Å². The minimum atomic E-state index is -0.321. The van der Waals surface area contributed by atoms with E-state index in [0.717, 1.165) is 22.4 Å². The van der Waals surface area contributed by atoms with Crippen LogP contribution in [0.3, 0.4) is 0 Å². The number of rotatable bonds is 4. The third kappa shape index (κ3) is 3.96. The number of aryl methyl sites for hydroxylation is 1. The van der Waals surface area contributed by atoms with Gasteiger partial charge >= 0.3 is 0 Å². The highest BCUT2D eigenvalue weighted by Gasteiger charge is 2.21. The zero-order chi connectivity index (χ0) is 22.2. The first kappa shape index (κ1) is 20.9. The van der Waals surface area contributed by atoms with Crippen LogP contribution in [0.5, 0.6) is 0 Å². The zero-order valence-electron chi connectivity index (χ0n) is 17.4. The number of carbonyl (C=O) groups excluding carboxylic acids is 1. The summed E-state index contributed by atoms with van der Waals surface area (Å²) in [4.78, 5) is 36.5. The van der Waals surface area contributed by atoms with E-state index in [4.69, 9.17) is 0 Å². The first-order chi connectivity index (χ1) is 15.5. The van der Waals surface area contributed by atoms with Gasteiger partial charge in [0.2, 0.25) is 5.91 Å². The smallest absolute Gasteiger partial charge is 0.260 e. The molecular formula is C24H20FN3O2S2. The Balaban J connectivity index is 1.35. The molecule has 0 aliphatic carbocycles. The molecule has 2 aromatic heterocycles. The number of benzene rings is 2. The maximum Gasteiger partial charge on any atom is 0.260 e. The van der Waals surface area contributed by atoms with Crippen LogP contribution in [0, 0.1) is 12.7 Å². The average molecular weight is 466 g/mol. The highest BCUT2D eigenvalue weighted by atomic mass is 32.2. The Labute approximate surface area is 192 Å². The van der Waals surface area contributed by atoms with Crippen LogP contribution in [0.15, 0.2) is 58.5 Å². The molecular weight excluding hydrogens is 445 g/mol. The Morgan fingerprint density at radius 1 is 1.19 bits per heavy atom. The van der Waals surface area contributed by atoms with Gasteiger partial charge in [-0.3, -0.25) is 9.59 Å². The van der Waals surface area contributed by atoms with Gasteiger partial charge in [-0.15, -0.1) is 11.3 Å². The summed E-state index contributed by atoms with van der Waals surface area (Å²) in [6.07, 6.45) is 0.855. The fraction of sp³-hybridized carbons (Fsp3) is 0.208. The normalized spacial score (nSPS) is 13.4. The maximum absolute atomic E-state index is 13.3. The van der Waals surface area contributed by atoms with E-state index in [9.17, 15) is 14.0 Å². The van der Waals surface area contributed by atoms with Crippen molar-refractivity contribution >= 4 is 39.2 Å². The maximum atomic E-state index is 13.3. The summed E-state index contributed by atoms with van der Waals surface area (Å²) in [5.74, 6) is -0.0775. The third-order valence-electron chi connectivity index (χ3n) is 5.66. The van der Waals surface area contributed by atoms with Crippen molar-refractivity contribution in [3.05, 3.63) is 80.7 Å². The zero-order valence-corrected chi connectivity index (χ0v) is 19.0. The van der Waals surface area contributed by atoms with E-state index < -0.39 is 0 Å². The molecule has 0 unspecified atom stereocenters. The number of nitrogens with zero attached hydrogens (tertiary/aromatic N) is 2. The van der Waals surface area contributed by atoms with Gasteiger partial charge in [0.15, 0.2) is 5.16 Å². The van der Waals surface area contributed by atoms with Crippen molar-refractivity contribution in [2.45, 2.75) is 25.0 Å². The van der Waals surface area contributed by atoms with Crippen molar-refractivity contribution in [2.24, 2.45) is 0 Å². The van der Waals surface area contributed by atoms with Gasteiger partial charge in [0, 0.05) is 23.5 Å². The lowest BCUT2D eigenvalue weighted by Gasteiger charge is -2.28. The number of hydrogen-bond acceptors (Lipinski definition) is 5.